The van der Waals surface area contributed by atoms with Crippen molar-refractivity contribution in [3.8, 4) is 0 Å². The summed E-state index contributed by atoms with van der Waals surface area (Å²) in [5.74, 6) is 0. The van der Waals surface area contributed by atoms with Crippen LogP contribution < -0.4 is 0 Å². The van der Waals surface area contributed by atoms with Crippen molar-refractivity contribution < 1.29 is 0 Å². The molecular weight excluding hydrogens is 264 g/mol. The third kappa shape index (κ3) is 20.0. The van der Waals surface area contributed by atoms with Crippen LogP contribution in [0.15, 0.2) is 0 Å². The molecule has 0 spiro atoms. The number of hydrogen-bond acceptors (Lipinski definition) is 0. The predicted octanol–water partition coefficient (Wildman–Crippen LogP) is 8.83. The van der Waals surface area contributed by atoms with Gasteiger partial charge in [-0.1, -0.05) is 142 Å². The molecule has 0 heteroatoms. The van der Waals surface area contributed by atoms with E-state index in [4.69, 9.17) is 0 Å². The quantitative estimate of drug-likeness (QED) is 0.209. The Balaban J connectivity index is 2.91. The second-order valence-corrected chi connectivity index (χ2v) is 7.36. The Hall–Kier alpha value is 0. The molecule has 22 heavy (non-hydrogen) atoms. The fraction of sp³-hybridized carbons (Fsp3) is 1.00. The summed E-state index contributed by atoms with van der Waals surface area (Å²) >= 11 is 0. The molecule has 0 aliphatic carbocycles. The lowest BCUT2D eigenvalue weighted by molar-refractivity contribution is 0.523. The highest BCUT2D eigenvalue weighted by molar-refractivity contribution is 4.50. The van der Waals surface area contributed by atoms with Crippen LogP contribution in [-0.2, 0) is 0 Å². The van der Waals surface area contributed by atoms with Gasteiger partial charge in [0.05, 0.1) is 0 Å². The van der Waals surface area contributed by atoms with Crippen molar-refractivity contribution in [1.29, 1.82) is 0 Å². The maximum atomic E-state index is 2.30. The first-order valence-corrected chi connectivity index (χ1v) is 10.9. The van der Waals surface area contributed by atoms with E-state index in [-0.39, 0.29) is 0 Å². The van der Waals surface area contributed by atoms with Crippen molar-refractivity contribution in [3.05, 3.63) is 0 Å². The molecule has 0 atom stereocenters. The van der Waals surface area contributed by atoms with Gasteiger partial charge >= 0.3 is 0 Å². The van der Waals surface area contributed by atoms with E-state index in [0.29, 0.717) is 0 Å². The van der Waals surface area contributed by atoms with Crippen LogP contribution in [0.4, 0.5) is 0 Å². The number of hydrogen-bond donors (Lipinski definition) is 0. The van der Waals surface area contributed by atoms with Crippen LogP contribution in [0.5, 0.6) is 0 Å². The van der Waals surface area contributed by atoms with Crippen LogP contribution >= 0.6 is 0 Å². The smallest absolute Gasteiger partial charge is 0.0533 e. The summed E-state index contributed by atoms with van der Waals surface area (Å²) in [4.78, 5) is 0. The minimum Gasteiger partial charge on any atom is -0.0654 e. The van der Waals surface area contributed by atoms with Crippen molar-refractivity contribution >= 4 is 0 Å². The van der Waals surface area contributed by atoms with Crippen molar-refractivity contribution in [2.24, 2.45) is 0 Å². The maximum absolute atomic E-state index is 2.30. The molecule has 0 aromatic carbocycles. The zero-order valence-corrected chi connectivity index (χ0v) is 16.1. The average Bonchev–Trinajstić information content (AvgIpc) is 2.54. The van der Waals surface area contributed by atoms with E-state index in [0.717, 1.165) is 0 Å². The summed E-state index contributed by atoms with van der Waals surface area (Å²) in [5, 5.41) is 0. The normalized spacial score (nSPS) is 11.2. The van der Waals surface area contributed by atoms with Crippen molar-refractivity contribution in [2.45, 2.75) is 142 Å². The Kier molecular flexibility index (Phi) is 21.0. The van der Waals surface area contributed by atoms with Gasteiger partial charge in [-0.3, -0.25) is 0 Å². The Morgan fingerprint density at radius 3 is 0.500 bits per heavy atom. The van der Waals surface area contributed by atoms with Gasteiger partial charge in [0.1, 0.15) is 0 Å². The molecule has 0 amide bonds. The largest absolute Gasteiger partial charge is 0.0654 e. The van der Waals surface area contributed by atoms with Gasteiger partial charge in [0.2, 0.25) is 0 Å². The predicted molar refractivity (Wildman–Crippen MR) is 104 cm³/mol. The summed E-state index contributed by atoms with van der Waals surface area (Å²) in [6, 6.07) is 0. The van der Waals surface area contributed by atoms with Gasteiger partial charge in [-0.2, -0.15) is 0 Å². The summed E-state index contributed by atoms with van der Waals surface area (Å²) in [5.41, 5.74) is 0. The Labute approximate surface area is 142 Å². The summed E-state index contributed by atoms with van der Waals surface area (Å²) < 4.78 is 0. The zero-order valence-electron chi connectivity index (χ0n) is 16.1. The van der Waals surface area contributed by atoms with Gasteiger partial charge in [0, 0.05) is 0 Å². The molecule has 0 saturated carbocycles. The van der Waals surface area contributed by atoms with E-state index >= 15 is 0 Å². The van der Waals surface area contributed by atoms with Crippen LogP contribution in [0.2, 0.25) is 0 Å². The van der Waals surface area contributed by atoms with Gasteiger partial charge in [0.25, 0.3) is 0 Å². The van der Waals surface area contributed by atoms with E-state index in [2.05, 4.69) is 13.8 Å². The SMILES string of the molecule is CCCCCCCCCCCCCCCCCCCCCC. The molecule has 0 rings (SSSR count). The van der Waals surface area contributed by atoms with E-state index < -0.39 is 0 Å². The lowest BCUT2D eigenvalue weighted by Crippen LogP contribution is -1.84. The van der Waals surface area contributed by atoms with Crippen molar-refractivity contribution in [2.75, 3.05) is 0 Å². The first-order chi connectivity index (χ1) is 10.9. The number of unbranched alkanes of at least 4 members (excludes halogenated alkanes) is 19. The van der Waals surface area contributed by atoms with Crippen LogP contribution in [0.3, 0.4) is 0 Å². The molecule has 134 valence electrons. The molecule has 0 heterocycles. The van der Waals surface area contributed by atoms with E-state index in [1.807, 2.05) is 0 Å². The molecule has 0 aromatic rings. The molecule has 0 aliphatic heterocycles. The summed E-state index contributed by atoms with van der Waals surface area (Å²) in [6.07, 6.45) is 29.4. The third-order valence-electron chi connectivity index (χ3n) is 4.96. The third-order valence-corrected chi connectivity index (χ3v) is 4.96. The molecular formula is C22H46. The summed E-state index contributed by atoms with van der Waals surface area (Å²) in [6.45, 7) is 4.60. The molecule has 0 saturated heterocycles. The molecule has 0 nitrogen and oxygen atoms in total. The molecule has 0 aliphatic rings. The van der Waals surface area contributed by atoms with Crippen LogP contribution in [0.1, 0.15) is 142 Å². The van der Waals surface area contributed by atoms with E-state index in [1.165, 1.54) is 128 Å². The van der Waals surface area contributed by atoms with E-state index in [1.54, 1.807) is 0 Å². The zero-order chi connectivity index (χ0) is 16.1. The standard InChI is InChI=1S/C22H46/c1-3-5-7-9-11-13-15-17-19-21-22-20-18-16-14-12-10-8-6-4-2/h3-22H2,1-2H3. The van der Waals surface area contributed by atoms with Crippen molar-refractivity contribution in [3.63, 3.8) is 0 Å². The van der Waals surface area contributed by atoms with Gasteiger partial charge in [-0.25, -0.2) is 0 Å². The first-order valence-electron chi connectivity index (χ1n) is 10.9. The summed E-state index contributed by atoms with van der Waals surface area (Å²) in [7, 11) is 0. The van der Waals surface area contributed by atoms with Crippen LogP contribution in [0.25, 0.3) is 0 Å². The Morgan fingerprint density at radius 1 is 0.227 bits per heavy atom. The van der Waals surface area contributed by atoms with Gasteiger partial charge < -0.3 is 0 Å². The van der Waals surface area contributed by atoms with Crippen LogP contribution in [0, 0.1) is 0 Å². The molecule has 0 radical (unpaired) electrons. The second-order valence-electron chi connectivity index (χ2n) is 7.36. The fourth-order valence-electron chi connectivity index (χ4n) is 3.33. The average molecular weight is 311 g/mol. The molecule has 0 aromatic heterocycles. The highest BCUT2D eigenvalue weighted by atomic mass is 14.0. The fourth-order valence-corrected chi connectivity index (χ4v) is 3.33. The monoisotopic (exact) mass is 310 g/mol. The van der Waals surface area contributed by atoms with Crippen LogP contribution in [-0.4, -0.2) is 0 Å². The molecule has 0 unspecified atom stereocenters. The molecule has 0 N–H and O–H groups in total. The molecule has 0 fully saturated rings. The lowest BCUT2D eigenvalue weighted by atomic mass is 10.0. The Bertz CT molecular complexity index is 153. The first kappa shape index (κ1) is 22.0. The highest BCUT2D eigenvalue weighted by Gasteiger charge is 1.94. The lowest BCUT2D eigenvalue weighted by Gasteiger charge is -2.03. The topological polar surface area (TPSA) is 0 Å². The second kappa shape index (κ2) is 21.0. The maximum Gasteiger partial charge on any atom is -0.0533 e. The van der Waals surface area contributed by atoms with Gasteiger partial charge in [0.15, 0.2) is 0 Å². The van der Waals surface area contributed by atoms with Gasteiger partial charge in [-0.15, -0.1) is 0 Å². The van der Waals surface area contributed by atoms with Gasteiger partial charge in [-0.05, 0) is 0 Å². The van der Waals surface area contributed by atoms with Crippen molar-refractivity contribution in [1.82, 2.24) is 0 Å². The van der Waals surface area contributed by atoms with E-state index in [9.17, 15) is 0 Å². The molecule has 0 bridgehead atoms. The highest BCUT2D eigenvalue weighted by Crippen LogP contribution is 2.14. The minimum atomic E-state index is 1.37. The minimum absolute atomic E-state index is 1.37. The Morgan fingerprint density at radius 2 is 0.364 bits per heavy atom. The number of rotatable bonds is 19.